The Kier molecular flexibility index (Phi) is 4.44. The first-order valence-electron chi connectivity index (χ1n) is 9.46. The molecule has 3 fully saturated rings. The molecule has 1 saturated carbocycles. The average Bonchev–Trinajstić information content (AvgIpc) is 2.82. The Morgan fingerprint density at radius 1 is 1.04 bits per heavy atom. The van der Waals surface area contributed by atoms with Gasteiger partial charge in [0.1, 0.15) is 0 Å². The molecule has 1 atom stereocenters. The molecule has 2 heterocycles. The van der Waals surface area contributed by atoms with E-state index in [1.54, 1.807) is 4.90 Å². The molecule has 1 amide bonds. The number of piperidine rings is 1. The van der Waals surface area contributed by atoms with E-state index in [2.05, 4.69) is 17.0 Å². The van der Waals surface area contributed by atoms with E-state index in [0.717, 1.165) is 32.4 Å². The second kappa shape index (κ2) is 6.60. The van der Waals surface area contributed by atoms with Crippen molar-refractivity contribution >= 4 is 11.6 Å². The smallest absolute Gasteiger partial charge is 0.260 e. The van der Waals surface area contributed by atoms with E-state index < -0.39 is 5.67 Å². The molecule has 4 rings (SSSR count). The van der Waals surface area contributed by atoms with Crippen molar-refractivity contribution < 1.29 is 13.9 Å². The van der Waals surface area contributed by atoms with Crippen molar-refractivity contribution in [1.82, 2.24) is 4.90 Å². The van der Waals surface area contributed by atoms with Crippen LogP contribution in [0, 0.1) is 5.41 Å². The molecular weight excluding hydrogens is 319 g/mol. The summed E-state index contributed by atoms with van der Waals surface area (Å²) in [6.07, 6.45) is 3.56. The number of likely N-dealkylation sites (tertiary alicyclic amines) is 1. The van der Waals surface area contributed by atoms with Gasteiger partial charge in [-0.25, -0.2) is 4.39 Å². The van der Waals surface area contributed by atoms with Crippen molar-refractivity contribution in [2.75, 3.05) is 44.3 Å². The van der Waals surface area contributed by atoms with Gasteiger partial charge >= 0.3 is 0 Å². The van der Waals surface area contributed by atoms with Gasteiger partial charge in [0, 0.05) is 37.3 Å². The number of para-hydroxylation sites is 1. The first-order chi connectivity index (χ1) is 12.1. The summed E-state index contributed by atoms with van der Waals surface area (Å²) < 4.78 is 20.5. The number of carbonyl (C=O) groups excluding carboxylic acids is 1. The molecular formula is C20H27FN2O2. The number of nitrogens with zero attached hydrogens (tertiary/aromatic N) is 2. The van der Waals surface area contributed by atoms with Gasteiger partial charge in [0.2, 0.25) is 0 Å². The second-order valence-corrected chi connectivity index (χ2v) is 7.96. The van der Waals surface area contributed by atoms with E-state index in [1.165, 1.54) is 5.69 Å². The maximum Gasteiger partial charge on any atom is 0.260 e. The van der Waals surface area contributed by atoms with Crippen molar-refractivity contribution in [2.45, 2.75) is 37.8 Å². The van der Waals surface area contributed by atoms with Crippen LogP contribution in [0.3, 0.4) is 0 Å². The monoisotopic (exact) mass is 346 g/mol. The largest absolute Gasteiger partial charge is 0.379 e. The number of hydrogen-bond acceptors (Lipinski definition) is 3. The van der Waals surface area contributed by atoms with Gasteiger partial charge in [-0.2, -0.15) is 0 Å². The lowest BCUT2D eigenvalue weighted by Gasteiger charge is -2.46. The zero-order valence-corrected chi connectivity index (χ0v) is 14.8. The highest BCUT2D eigenvalue weighted by Gasteiger charge is 2.49. The Labute approximate surface area is 148 Å². The van der Waals surface area contributed by atoms with Gasteiger partial charge in [-0.05, 0) is 44.2 Å². The summed E-state index contributed by atoms with van der Waals surface area (Å²) in [6.45, 7) is 4.35. The third kappa shape index (κ3) is 3.26. The van der Waals surface area contributed by atoms with Crippen molar-refractivity contribution in [1.29, 1.82) is 0 Å². The number of carbonyl (C=O) groups is 1. The average molecular weight is 346 g/mol. The number of hydrogen-bond donors (Lipinski definition) is 0. The van der Waals surface area contributed by atoms with Crippen molar-refractivity contribution in [2.24, 2.45) is 5.41 Å². The molecule has 1 aromatic carbocycles. The predicted octanol–water partition coefficient (Wildman–Crippen LogP) is 3.02. The molecule has 0 bridgehead atoms. The number of amides is 1. The van der Waals surface area contributed by atoms with Crippen LogP contribution >= 0.6 is 0 Å². The second-order valence-electron chi connectivity index (χ2n) is 7.96. The van der Waals surface area contributed by atoms with Crippen LogP contribution in [0.1, 0.15) is 32.1 Å². The molecule has 3 aliphatic rings. The predicted molar refractivity (Wildman–Crippen MR) is 95.4 cm³/mol. The van der Waals surface area contributed by atoms with Gasteiger partial charge in [0.25, 0.3) is 5.91 Å². The Hall–Kier alpha value is -1.62. The zero-order valence-electron chi connectivity index (χ0n) is 14.8. The molecule has 1 spiro atoms. The van der Waals surface area contributed by atoms with E-state index in [1.807, 2.05) is 18.2 Å². The lowest BCUT2D eigenvalue weighted by molar-refractivity contribution is -0.154. The van der Waals surface area contributed by atoms with Gasteiger partial charge in [-0.15, -0.1) is 0 Å². The number of anilines is 1. The Morgan fingerprint density at radius 2 is 1.84 bits per heavy atom. The van der Waals surface area contributed by atoms with Crippen LogP contribution in [0.4, 0.5) is 10.1 Å². The number of rotatable bonds is 2. The highest BCUT2D eigenvalue weighted by Crippen LogP contribution is 2.40. The molecule has 0 radical (unpaired) electrons. The standard InChI is InChI=1S/C20H27FN2O2/c21-20(9-4-10-20)18(24)23-11-5-8-19(15-23)14-22(12-13-25-16-19)17-6-2-1-3-7-17/h1-3,6-7H,4-5,8-16H2. The molecule has 136 valence electrons. The first-order valence-corrected chi connectivity index (χ1v) is 9.46. The zero-order chi connectivity index (χ0) is 17.3. The Bertz CT molecular complexity index is 619. The number of alkyl halides is 1. The highest BCUT2D eigenvalue weighted by molar-refractivity contribution is 5.86. The summed E-state index contributed by atoms with van der Waals surface area (Å²) in [5.41, 5.74) is -0.499. The highest BCUT2D eigenvalue weighted by atomic mass is 19.1. The van der Waals surface area contributed by atoms with Crippen LogP contribution in [0.15, 0.2) is 30.3 Å². The molecule has 1 aliphatic carbocycles. The van der Waals surface area contributed by atoms with Crippen LogP contribution in [-0.4, -0.2) is 55.9 Å². The summed E-state index contributed by atoms with van der Waals surface area (Å²) in [7, 11) is 0. The molecule has 2 saturated heterocycles. The minimum atomic E-state index is -1.59. The minimum absolute atomic E-state index is 0.0969. The molecule has 25 heavy (non-hydrogen) atoms. The SMILES string of the molecule is O=C(N1CCCC2(COCCN(c3ccccc3)C2)C1)C1(F)CCC1. The summed E-state index contributed by atoms with van der Waals surface area (Å²) in [5, 5.41) is 0. The van der Waals surface area contributed by atoms with Gasteiger partial charge in [-0.3, -0.25) is 4.79 Å². The quantitative estimate of drug-likeness (QED) is 0.825. The Balaban J connectivity index is 1.51. The summed E-state index contributed by atoms with van der Waals surface area (Å²) >= 11 is 0. The number of benzene rings is 1. The Morgan fingerprint density at radius 3 is 2.56 bits per heavy atom. The van der Waals surface area contributed by atoms with Gasteiger partial charge in [0.05, 0.1) is 13.2 Å². The minimum Gasteiger partial charge on any atom is -0.379 e. The van der Waals surface area contributed by atoms with E-state index in [0.29, 0.717) is 39.1 Å². The van der Waals surface area contributed by atoms with E-state index in [4.69, 9.17) is 4.74 Å². The topological polar surface area (TPSA) is 32.8 Å². The maximum atomic E-state index is 14.6. The molecule has 1 aromatic rings. The maximum absolute atomic E-state index is 14.6. The summed E-state index contributed by atoms with van der Waals surface area (Å²) in [6, 6.07) is 10.4. The fraction of sp³-hybridized carbons (Fsp3) is 0.650. The molecule has 0 N–H and O–H groups in total. The molecule has 0 aromatic heterocycles. The molecule has 2 aliphatic heterocycles. The van der Waals surface area contributed by atoms with Crippen molar-refractivity contribution in [3.05, 3.63) is 30.3 Å². The van der Waals surface area contributed by atoms with Crippen LogP contribution in [0.25, 0.3) is 0 Å². The third-order valence-corrected chi connectivity index (χ3v) is 6.04. The van der Waals surface area contributed by atoms with Crippen molar-refractivity contribution in [3.63, 3.8) is 0 Å². The van der Waals surface area contributed by atoms with Gasteiger partial charge in [0.15, 0.2) is 5.67 Å². The lowest BCUT2D eigenvalue weighted by atomic mass is 9.77. The summed E-state index contributed by atoms with van der Waals surface area (Å²) in [5.74, 6) is -0.284. The molecule has 4 nitrogen and oxygen atoms in total. The van der Waals surface area contributed by atoms with Crippen LogP contribution < -0.4 is 4.90 Å². The van der Waals surface area contributed by atoms with E-state index in [9.17, 15) is 9.18 Å². The van der Waals surface area contributed by atoms with E-state index in [-0.39, 0.29) is 11.3 Å². The van der Waals surface area contributed by atoms with Crippen LogP contribution in [0.5, 0.6) is 0 Å². The van der Waals surface area contributed by atoms with Crippen molar-refractivity contribution in [3.8, 4) is 0 Å². The fourth-order valence-corrected chi connectivity index (χ4v) is 4.46. The lowest BCUT2D eigenvalue weighted by Crippen LogP contribution is -2.57. The van der Waals surface area contributed by atoms with Gasteiger partial charge < -0.3 is 14.5 Å². The van der Waals surface area contributed by atoms with Crippen LogP contribution in [-0.2, 0) is 9.53 Å². The fourth-order valence-electron chi connectivity index (χ4n) is 4.46. The van der Waals surface area contributed by atoms with Crippen LogP contribution in [0.2, 0.25) is 0 Å². The first kappa shape index (κ1) is 16.8. The number of halogens is 1. The molecule has 1 unspecified atom stereocenters. The number of ether oxygens (including phenoxy) is 1. The normalized spacial score (nSPS) is 29.2. The summed E-state index contributed by atoms with van der Waals surface area (Å²) in [4.78, 5) is 16.8. The molecule has 5 heteroatoms. The third-order valence-electron chi connectivity index (χ3n) is 6.04. The van der Waals surface area contributed by atoms with Gasteiger partial charge in [-0.1, -0.05) is 18.2 Å². The van der Waals surface area contributed by atoms with E-state index >= 15 is 0 Å².